The lowest BCUT2D eigenvalue weighted by molar-refractivity contribution is -0.299. The Morgan fingerprint density at radius 2 is 1.23 bits per heavy atom. The summed E-state index contributed by atoms with van der Waals surface area (Å²) < 4.78 is 30.4. The van der Waals surface area contributed by atoms with E-state index < -0.39 is 61.2 Å². The molecular formula is C15H20O11. The molecule has 1 saturated heterocycles. The van der Waals surface area contributed by atoms with Crippen molar-refractivity contribution in [2.24, 2.45) is 0 Å². The van der Waals surface area contributed by atoms with Gasteiger partial charge >= 0.3 is 23.9 Å². The van der Waals surface area contributed by atoms with Crippen molar-refractivity contribution in [1.82, 2.24) is 0 Å². The van der Waals surface area contributed by atoms with Crippen LogP contribution in [0.15, 0.2) is 0 Å². The van der Waals surface area contributed by atoms with Crippen molar-refractivity contribution in [1.29, 1.82) is 0 Å². The number of esters is 4. The van der Waals surface area contributed by atoms with Crippen LogP contribution in [-0.4, -0.2) is 67.7 Å². The van der Waals surface area contributed by atoms with Gasteiger partial charge < -0.3 is 28.4 Å². The van der Waals surface area contributed by atoms with Crippen LogP contribution in [0.25, 0.3) is 0 Å². The molecule has 26 heavy (non-hydrogen) atoms. The van der Waals surface area contributed by atoms with E-state index in [1.165, 1.54) is 0 Å². The quantitative estimate of drug-likeness (QED) is 0.314. The lowest BCUT2D eigenvalue weighted by Crippen LogP contribution is -2.63. The molecular weight excluding hydrogens is 356 g/mol. The molecule has 0 aromatic rings. The van der Waals surface area contributed by atoms with Gasteiger partial charge in [0.25, 0.3) is 6.47 Å². The summed E-state index contributed by atoms with van der Waals surface area (Å²) in [4.78, 5) is 56.1. The van der Waals surface area contributed by atoms with Crippen molar-refractivity contribution in [2.45, 2.75) is 58.4 Å². The van der Waals surface area contributed by atoms with Gasteiger partial charge in [0.05, 0.1) is 0 Å². The first-order valence-electron chi connectivity index (χ1n) is 7.55. The fourth-order valence-corrected chi connectivity index (χ4v) is 2.38. The molecule has 146 valence electrons. The number of rotatable bonds is 7. The fourth-order valence-electron chi connectivity index (χ4n) is 2.38. The van der Waals surface area contributed by atoms with E-state index in [-0.39, 0.29) is 6.47 Å². The molecule has 5 atom stereocenters. The molecule has 0 saturated carbocycles. The largest absolute Gasteiger partial charge is 0.465 e. The molecule has 0 radical (unpaired) electrons. The van der Waals surface area contributed by atoms with Gasteiger partial charge in [0, 0.05) is 27.7 Å². The van der Waals surface area contributed by atoms with Gasteiger partial charge in [-0.05, 0) is 0 Å². The van der Waals surface area contributed by atoms with Gasteiger partial charge in [-0.25, -0.2) is 0 Å². The second-order valence-electron chi connectivity index (χ2n) is 5.30. The molecule has 0 aliphatic carbocycles. The SMILES string of the molecule is CC(=O)OC1O[C@H](COC=O)[C@@H](OC(C)=O)[C@H](OC(C)=O)[C@H]1OC(C)=O. The molecule has 0 bridgehead atoms. The zero-order valence-corrected chi connectivity index (χ0v) is 14.7. The van der Waals surface area contributed by atoms with Crippen molar-refractivity contribution in [3.63, 3.8) is 0 Å². The Labute approximate surface area is 148 Å². The lowest BCUT2D eigenvalue weighted by Gasteiger charge is -2.43. The average Bonchev–Trinajstić information content (AvgIpc) is 2.49. The van der Waals surface area contributed by atoms with Crippen LogP contribution in [-0.2, 0) is 52.4 Å². The van der Waals surface area contributed by atoms with Crippen LogP contribution in [0.5, 0.6) is 0 Å². The highest BCUT2D eigenvalue weighted by Gasteiger charge is 2.53. The first-order chi connectivity index (χ1) is 12.1. The third-order valence-corrected chi connectivity index (χ3v) is 3.11. The number of carbonyl (C=O) groups is 5. The third kappa shape index (κ3) is 6.31. The summed E-state index contributed by atoms with van der Waals surface area (Å²) in [6, 6.07) is 0. The van der Waals surface area contributed by atoms with E-state index in [0.717, 1.165) is 27.7 Å². The molecule has 0 aromatic carbocycles. The summed E-state index contributed by atoms with van der Waals surface area (Å²) in [5.41, 5.74) is 0. The maximum atomic E-state index is 11.5. The van der Waals surface area contributed by atoms with Gasteiger partial charge in [0.15, 0.2) is 12.2 Å². The zero-order valence-electron chi connectivity index (χ0n) is 14.7. The van der Waals surface area contributed by atoms with Crippen molar-refractivity contribution in [3.05, 3.63) is 0 Å². The average molecular weight is 376 g/mol. The van der Waals surface area contributed by atoms with Crippen molar-refractivity contribution >= 4 is 30.3 Å². The van der Waals surface area contributed by atoms with Gasteiger partial charge in [0.1, 0.15) is 12.7 Å². The molecule has 1 rings (SSSR count). The van der Waals surface area contributed by atoms with Crippen LogP contribution in [0.3, 0.4) is 0 Å². The van der Waals surface area contributed by atoms with Gasteiger partial charge in [0.2, 0.25) is 12.4 Å². The number of ether oxygens (including phenoxy) is 6. The van der Waals surface area contributed by atoms with E-state index >= 15 is 0 Å². The van der Waals surface area contributed by atoms with Crippen LogP contribution in [0.4, 0.5) is 0 Å². The predicted molar refractivity (Wildman–Crippen MR) is 79.1 cm³/mol. The molecule has 1 aliphatic heterocycles. The zero-order chi connectivity index (χ0) is 19.9. The molecule has 0 amide bonds. The second kappa shape index (κ2) is 9.70. The number of carbonyl (C=O) groups excluding carboxylic acids is 5. The minimum atomic E-state index is -1.48. The number of hydrogen-bond donors (Lipinski definition) is 0. The number of hydrogen-bond acceptors (Lipinski definition) is 11. The van der Waals surface area contributed by atoms with Gasteiger partial charge in [-0.1, -0.05) is 0 Å². The standard InChI is InChI=1S/C15H20O11/c1-7(17)22-12-11(5-21-6-16)26-15(25-10(4)20)14(24-9(3)19)13(12)23-8(2)18/h6,11-15H,5H2,1-4H3/t11-,12-,13+,14-,15?/m1/s1. The van der Waals surface area contributed by atoms with E-state index in [4.69, 9.17) is 23.7 Å². The summed E-state index contributed by atoms with van der Waals surface area (Å²) in [6.07, 6.45) is -6.68. The first kappa shape index (κ1) is 21.4. The summed E-state index contributed by atoms with van der Waals surface area (Å²) >= 11 is 0. The lowest BCUT2D eigenvalue weighted by atomic mass is 9.98. The highest BCUT2D eigenvalue weighted by atomic mass is 16.7. The molecule has 11 heteroatoms. The molecule has 1 unspecified atom stereocenters. The maximum absolute atomic E-state index is 11.5. The summed E-state index contributed by atoms with van der Waals surface area (Å²) in [6.45, 7) is 4.09. The summed E-state index contributed by atoms with van der Waals surface area (Å²) in [7, 11) is 0. The van der Waals surface area contributed by atoms with Crippen molar-refractivity contribution in [3.8, 4) is 0 Å². The second-order valence-corrected chi connectivity index (χ2v) is 5.30. The Bertz CT molecular complexity index is 558. The predicted octanol–water partition coefficient (Wildman–Crippen LogP) is -0.757. The van der Waals surface area contributed by atoms with E-state index in [9.17, 15) is 24.0 Å². The molecule has 1 heterocycles. The Morgan fingerprint density at radius 1 is 0.769 bits per heavy atom. The maximum Gasteiger partial charge on any atom is 0.305 e. The highest BCUT2D eigenvalue weighted by molar-refractivity contribution is 5.69. The third-order valence-electron chi connectivity index (χ3n) is 3.11. The Morgan fingerprint density at radius 3 is 1.69 bits per heavy atom. The van der Waals surface area contributed by atoms with Crippen molar-refractivity contribution < 1.29 is 52.4 Å². The minimum Gasteiger partial charge on any atom is -0.465 e. The van der Waals surface area contributed by atoms with E-state index in [2.05, 4.69) is 4.74 Å². The van der Waals surface area contributed by atoms with E-state index in [1.807, 2.05) is 0 Å². The molecule has 0 N–H and O–H groups in total. The Hall–Kier alpha value is -2.69. The van der Waals surface area contributed by atoms with E-state index in [0.29, 0.717) is 0 Å². The molecule has 0 aromatic heterocycles. The molecule has 11 nitrogen and oxygen atoms in total. The van der Waals surface area contributed by atoms with E-state index in [1.54, 1.807) is 0 Å². The Kier molecular flexibility index (Phi) is 7.97. The molecule has 1 aliphatic rings. The molecule has 0 spiro atoms. The summed E-state index contributed by atoms with van der Waals surface area (Å²) in [5.74, 6) is -3.08. The van der Waals surface area contributed by atoms with Crippen LogP contribution >= 0.6 is 0 Å². The fraction of sp³-hybridized carbons (Fsp3) is 0.667. The Balaban J connectivity index is 3.27. The van der Waals surface area contributed by atoms with Crippen LogP contribution in [0.1, 0.15) is 27.7 Å². The van der Waals surface area contributed by atoms with Gasteiger partial charge in [-0.2, -0.15) is 0 Å². The smallest absolute Gasteiger partial charge is 0.305 e. The summed E-state index contributed by atoms with van der Waals surface area (Å²) in [5, 5.41) is 0. The normalized spacial score (nSPS) is 27.6. The van der Waals surface area contributed by atoms with Gasteiger partial charge in [-0.3, -0.25) is 24.0 Å². The molecule has 1 fully saturated rings. The van der Waals surface area contributed by atoms with Gasteiger partial charge in [-0.15, -0.1) is 0 Å². The first-order valence-corrected chi connectivity index (χ1v) is 7.55. The monoisotopic (exact) mass is 376 g/mol. The highest BCUT2D eigenvalue weighted by Crippen LogP contribution is 2.29. The van der Waals surface area contributed by atoms with Crippen molar-refractivity contribution in [2.75, 3.05) is 6.61 Å². The topological polar surface area (TPSA) is 141 Å². The van der Waals surface area contributed by atoms with Crippen LogP contribution < -0.4 is 0 Å². The van der Waals surface area contributed by atoms with Crippen LogP contribution in [0, 0.1) is 0 Å². The minimum absolute atomic E-state index is 0.133. The van der Waals surface area contributed by atoms with Crippen LogP contribution in [0.2, 0.25) is 0 Å².